The number of nitrogens with two attached hydrogens (primary N) is 1. The van der Waals surface area contributed by atoms with Gasteiger partial charge in [0, 0.05) is 39.2 Å². The van der Waals surface area contributed by atoms with E-state index >= 15 is 0 Å². The minimum Gasteiger partial charge on any atom is -0.326 e. The van der Waals surface area contributed by atoms with Crippen LogP contribution >= 0.6 is 23.4 Å². The Balaban J connectivity index is 2.17. The molecule has 2 rings (SSSR count). The third-order valence-corrected chi connectivity index (χ3v) is 4.33. The Labute approximate surface area is 123 Å². The van der Waals surface area contributed by atoms with Crippen molar-refractivity contribution in [3.05, 3.63) is 57.9 Å². The third kappa shape index (κ3) is 3.72. The van der Waals surface area contributed by atoms with Crippen molar-refractivity contribution >= 4 is 23.4 Å². The molecule has 0 bridgehead atoms. The van der Waals surface area contributed by atoms with Crippen molar-refractivity contribution in [2.75, 3.05) is 0 Å². The number of aryl methyl sites for hydroxylation is 2. The van der Waals surface area contributed by atoms with Crippen LogP contribution < -0.4 is 5.73 Å². The quantitative estimate of drug-likeness (QED) is 0.862. The van der Waals surface area contributed by atoms with Gasteiger partial charge >= 0.3 is 0 Å². The lowest BCUT2D eigenvalue weighted by molar-refractivity contribution is 0.945. The molecule has 4 heteroatoms. The topological polar surface area (TPSA) is 38.9 Å². The molecule has 2 nitrogen and oxygen atoms in total. The van der Waals surface area contributed by atoms with Gasteiger partial charge in [-0.25, -0.2) is 0 Å². The summed E-state index contributed by atoms with van der Waals surface area (Å²) >= 11 is 7.68. The van der Waals surface area contributed by atoms with Gasteiger partial charge in [0.2, 0.25) is 0 Å². The minimum absolute atomic E-state index is 0.530. The van der Waals surface area contributed by atoms with Crippen molar-refractivity contribution in [1.82, 2.24) is 4.98 Å². The number of aromatic nitrogens is 1. The lowest BCUT2D eigenvalue weighted by Gasteiger charge is -2.11. The SMILES string of the molecule is Cc1cc(SCc2ccc(Cl)cc2)c(CN)c(C)n1. The Morgan fingerprint density at radius 1 is 1.21 bits per heavy atom. The first-order chi connectivity index (χ1) is 9.10. The summed E-state index contributed by atoms with van der Waals surface area (Å²) in [6.07, 6.45) is 0. The summed E-state index contributed by atoms with van der Waals surface area (Å²) in [7, 11) is 0. The van der Waals surface area contributed by atoms with Gasteiger partial charge in [0.1, 0.15) is 0 Å². The van der Waals surface area contributed by atoms with Gasteiger partial charge in [-0.2, -0.15) is 0 Å². The lowest BCUT2D eigenvalue weighted by Crippen LogP contribution is -2.04. The second-order valence-corrected chi connectivity index (χ2v) is 5.90. The summed E-state index contributed by atoms with van der Waals surface area (Å²) < 4.78 is 0. The number of rotatable bonds is 4. The average molecular weight is 293 g/mol. The molecule has 100 valence electrons. The lowest BCUT2D eigenvalue weighted by atomic mass is 10.2. The smallest absolute Gasteiger partial charge is 0.0431 e. The van der Waals surface area contributed by atoms with Crippen LogP contribution in [-0.2, 0) is 12.3 Å². The van der Waals surface area contributed by atoms with E-state index in [9.17, 15) is 0 Å². The molecule has 0 aliphatic heterocycles. The number of nitrogens with zero attached hydrogens (tertiary/aromatic N) is 1. The molecule has 1 heterocycles. The Morgan fingerprint density at radius 3 is 2.53 bits per heavy atom. The average Bonchev–Trinajstić information content (AvgIpc) is 2.37. The van der Waals surface area contributed by atoms with Gasteiger partial charge in [-0.3, -0.25) is 4.98 Å². The van der Waals surface area contributed by atoms with Crippen molar-refractivity contribution < 1.29 is 0 Å². The molecule has 0 radical (unpaired) electrons. The van der Waals surface area contributed by atoms with Gasteiger partial charge in [0.15, 0.2) is 0 Å². The molecular formula is C15H17ClN2S. The zero-order valence-corrected chi connectivity index (χ0v) is 12.7. The van der Waals surface area contributed by atoms with Crippen LogP contribution in [0.15, 0.2) is 35.2 Å². The highest BCUT2D eigenvalue weighted by Gasteiger charge is 2.08. The van der Waals surface area contributed by atoms with Crippen LogP contribution in [-0.4, -0.2) is 4.98 Å². The number of thioether (sulfide) groups is 1. The normalized spacial score (nSPS) is 10.7. The van der Waals surface area contributed by atoms with E-state index in [4.69, 9.17) is 17.3 Å². The molecule has 0 amide bonds. The van der Waals surface area contributed by atoms with Crippen LogP contribution in [0, 0.1) is 13.8 Å². The van der Waals surface area contributed by atoms with Crippen LogP contribution in [0.3, 0.4) is 0 Å². The fourth-order valence-electron chi connectivity index (χ4n) is 1.94. The summed E-state index contributed by atoms with van der Waals surface area (Å²) in [5.74, 6) is 0.910. The Kier molecular flexibility index (Phi) is 4.86. The van der Waals surface area contributed by atoms with E-state index in [0.717, 1.165) is 27.7 Å². The van der Waals surface area contributed by atoms with Crippen molar-refractivity contribution in [3.63, 3.8) is 0 Å². The Bertz CT molecular complexity index is 567. The van der Waals surface area contributed by atoms with Crippen LogP contribution in [0.2, 0.25) is 5.02 Å². The largest absolute Gasteiger partial charge is 0.326 e. The second kappa shape index (κ2) is 6.42. The zero-order valence-electron chi connectivity index (χ0n) is 11.1. The number of pyridine rings is 1. The molecule has 1 aromatic carbocycles. The molecule has 1 aromatic heterocycles. The first-order valence-electron chi connectivity index (χ1n) is 6.14. The van der Waals surface area contributed by atoms with Crippen LogP contribution in [0.5, 0.6) is 0 Å². The van der Waals surface area contributed by atoms with E-state index in [-0.39, 0.29) is 0 Å². The van der Waals surface area contributed by atoms with Crippen LogP contribution in [0.1, 0.15) is 22.5 Å². The maximum absolute atomic E-state index is 5.89. The van der Waals surface area contributed by atoms with Gasteiger partial charge in [0.05, 0.1) is 0 Å². The van der Waals surface area contributed by atoms with Crippen molar-refractivity contribution in [2.45, 2.75) is 31.0 Å². The molecule has 0 aliphatic carbocycles. The monoisotopic (exact) mass is 292 g/mol. The maximum Gasteiger partial charge on any atom is 0.0431 e. The van der Waals surface area contributed by atoms with E-state index in [1.54, 1.807) is 11.8 Å². The standard InChI is InChI=1S/C15H17ClN2S/c1-10-7-15(14(8-17)11(2)18-10)19-9-12-3-5-13(16)6-4-12/h3-7H,8-9,17H2,1-2H3. The Morgan fingerprint density at radius 2 is 1.89 bits per heavy atom. The first kappa shape index (κ1) is 14.4. The van der Waals surface area contributed by atoms with Gasteiger partial charge in [0.25, 0.3) is 0 Å². The molecule has 0 unspecified atom stereocenters. The summed E-state index contributed by atoms with van der Waals surface area (Å²) in [5.41, 5.74) is 10.3. The fourth-order valence-corrected chi connectivity index (χ4v) is 3.24. The predicted molar refractivity (Wildman–Crippen MR) is 82.6 cm³/mol. The molecule has 2 aromatic rings. The fraction of sp³-hybridized carbons (Fsp3) is 0.267. The summed E-state index contributed by atoms with van der Waals surface area (Å²) in [6, 6.07) is 10.1. The zero-order chi connectivity index (χ0) is 13.8. The summed E-state index contributed by atoms with van der Waals surface area (Å²) in [6.45, 7) is 4.56. The molecule has 0 saturated heterocycles. The molecular weight excluding hydrogens is 276 g/mol. The highest BCUT2D eigenvalue weighted by Crippen LogP contribution is 2.28. The first-order valence-corrected chi connectivity index (χ1v) is 7.51. The van der Waals surface area contributed by atoms with Gasteiger partial charge < -0.3 is 5.73 Å². The number of benzene rings is 1. The molecule has 0 spiro atoms. The molecule has 2 N–H and O–H groups in total. The number of hydrogen-bond donors (Lipinski definition) is 1. The molecule has 19 heavy (non-hydrogen) atoms. The Hall–Kier alpha value is -1.03. The van der Waals surface area contributed by atoms with Crippen molar-refractivity contribution in [1.29, 1.82) is 0 Å². The van der Waals surface area contributed by atoms with Gasteiger partial charge in [-0.15, -0.1) is 11.8 Å². The van der Waals surface area contributed by atoms with Crippen LogP contribution in [0.4, 0.5) is 0 Å². The van der Waals surface area contributed by atoms with E-state index in [1.807, 2.05) is 26.0 Å². The van der Waals surface area contributed by atoms with Crippen LogP contribution in [0.25, 0.3) is 0 Å². The highest BCUT2D eigenvalue weighted by molar-refractivity contribution is 7.98. The molecule has 0 fully saturated rings. The minimum atomic E-state index is 0.530. The second-order valence-electron chi connectivity index (χ2n) is 4.45. The van der Waals surface area contributed by atoms with Gasteiger partial charge in [-0.1, -0.05) is 23.7 Å². The van der Waals surface area contributed by atoms with E-state index in [0.29, 0.717) is 6.54 Å². The number of halogens is 1. The molecule has 0 aliphatic rings. The maximum atomic E-state index is 5.89. The molecule has 0 atom stereocenters. The summed E-state index contributed by atoms with van der Waals surface area (Å²) in [4.78, 5) is 5.69. The predicted octanol–water partition coefficient (Wildman–Crippen LogP) is 4.10. The van der Waals surface area contributed by atoms with Crippen molar-refractivity contribution in [2.24, 2.45) is 5.73 Å². The number of hydrogen-bond acceptors (Lipinski definition) is 3. The van der Waals surface area contributed by atoms with E-state index < -0.39 is 0 Å². The summed E-state index contributed by atoms with van der Waals surface area (Å²) in [5, 5.41) is 0.770. The molecule has 0 saturated carbocycles. The highest BCUT2D eigenvalue weighted by atomic mass is 35.5. The van der Waals surface area contributed by atoms with E-state index in [1.165, 1.54) is 10.5 Å². The van der Waals surface area contributed by atoms with E-state index in [2.05, 4.69) is 23.2 Å². The van der Waals surface area contributed by atoms with Gasteiger partial charge in [-0.05, 0) is 37.6 Å². The van der Waals surface area contributed by atoms with Crippen molar-refractivity contribution in [3.8, 4) is 0 Å². The third-order valence-electron chi connectivity index (χ3n) is 2.93.